The molecule has 9 nitrogen and oxygen atoms in total. The van der Waals surface area contributed by atoms with Crippen LogP contribution in [0.2, 0.25) is 0 Å². The molecule has 3 N–H and O–H groups in total. The monoisotopic (exact) mass is 466 g/mol. The predicted octanol–water partition coefficient (Wildman–Crippen LogP) is 2.68. The van der Waals surface area contributed by atoms with Crippen molar-refractivity contribution in [3.8, 4) is 11.5 Å². The molecule has 0 bridgehead atoms. The van der Waals surface area contributed by atoms with E-state index in [9.17, 15) is 4.79 Å². The van der Waals surface area contributed by atoms with Crippen molar-refractivity contribution in [1.82, 2.24) is 20.8 Å². The summed E-state index contributed by atoms with van der Waals surface area (Å²) in [5, 5.41) is 10.3. The van der Waals surface area contributed by atoms with Crippen molar-refractivity contribution >= 4 is 28.5 Å². The molecule has 0 radical (unpaired) electrons. The van der Waals surface area contributed by atoms with E-state index in [4.69, 9.17) is 9.47 Å². The first kappa shape index (κ1) is 21.5. The molecule has 3 heterocycles. The van der Waals surface area contributed by atoms with Crippen LogP contribution >= 0.6 is 11.8 Å². The van der Waals surface area contributed by atoms with Crippen molar-refractivity contribution in [2.75, 3.05) is 25.3 Å². The molecule has 3 unspecified atom stereocenters. The number of hydrogen-bond acceptors (Lipinski definition) is 9. The summed E-state index contributed by atoms with van der Waals surface area (Å²) in [6.45, 7) is 0. The Kier molecular flexibility index (Phi) is 6.01. The molecule has 2 aromatic carbocycles. The fraction of sp³-hybridized carbons (Fsp3) is 0.304. The zero-order valence-corrected chi connectivity index (χ0v) is 19.2. The number of rotatable bonds is 6. The van der Waals surface area contributed by atoms with Gasteiger partial charge < -0.3 is 24.7 Å². The Labute approximate surface area is 196 Å². The number of amidine groups is 1. The Morgan fingerprint density at radius 3 is 2.82 bits per heavy atom. The van der Waals surface area contributed by atoms with Gasteiger partial charge in [0.2, 0.25) is 5.91 Å². The maximum Gasteiger partial charge on any atom is 0.234 e. The van der Waals surface area contributed by atoms with Crippen LogP contribution in [-0.2, 0) is 4.79 Å². The number of carbonyl (C=O) groups excluding carboxylic acids is 1. The molecule has 10 heteroatoms. The van der Waals surface area contributed by atoms with Crippen LogP contribution in [0.4, 0.5) is 5.69 Å². The molecule has 0 aromatic heterocycles. The second-order valence-electron chi connectivity index (χ2n) is 7.88. The van der Waals surface area contributed by atoms with Crippen LogP contribution in [0.25, 0.3) is 0 Å². The first-order valence-corrected chi connectivity index (χ1v) is 11.7. The fourth-order valence-corrected chi connectivity index (χ4v) is 5.05. The molecule has 172 valence electrons. The van der Waals surface area contributed by atoms with Crippen LogP contribution in [-0.4, -0.2) is 53.2 Å². The summed E-state index contributed by atoms with van der Waals surface area (Å²) in [6.07, 6.45) is 5.00. The van der Waals surface area contributed by atoms with Crippen LogP contribution in [0.5, 0.6) is 11.5 Å². The first-order chi connectivity index (χ1) is 16.2. The molecule has 1 saturated heterocycles. The van der Waals surface area contributed by atoms with Crippen LogP contribution in [0.15, 0.2) is 66.0 Å². The van der Waals surface area contributed by atoms with Crippen molar-refractivity contribution in [2.45, 2.75) is 24.7 Å². The summed E-state index contributed by atoms with van der Waals surface area (Å²) in [5.41, 5.74) is 8.66. The minimum atomic E-state index is -0.146. The summed E-state index contributed by atoms with van der Waals surface area (Å²) in [6, 6.07) is 16.2. The summed E-state index contributed by atoms with van der Waals surface area (Å²) in [5.74, 6) is 1.30. The number of thioether (sulfide) groups is 1. The average molecular weight is 467 g/mol. The summed E-state index contributed by atoms with van der Waals surface area (Å²) in [7, 11) is 3.15. The zero-order valence-electron chi connectivity index (χ0n) is 18.4. The topological polar surface area (TPSA) is 90.5 Å². The van der Waals surface area contributed by atoms with E-state index in [1.54, 1.807) is 32.4 Å². The highest BCUT2D eigenvalue weighted by atomic mass is 32.2. The Bertz CT molecular complexity index is 1080. The van der Waals surface area contributed by atoms with E-state index in [1.807, 2.05) is 18.5 Å². The number of anilines is 1. The lowest BCUT2D eigenvalue weighted by atomic mass is 10.00. The lowest BCUT2D eigenvalue weighted by Crippen LogP contribution is -2.54. The number of hydrogen-bond donors (Lipinski definition) is 3. The minimum Gasteiger partial charge on any atom is -0.497 e. The number of nitrogens with zero attached hydrogens (tertiary/aromatic N) is 3. The van der Waals surface area contributed by atoms with Crippen molar-refractivity contribution < 1.29 is 14.3 Å². The largest absolute Gasteiger partial charge is 0.497 e. The Hall–Kier alpha value is -3.37. The van der Waals surface area contributed by atoms with Crippen molar-refractivity contribution in [1.29, 1.82) is 0 Å². The average Bonchev–Trinajstić information content (AvgIpc) is 3.47. The van der Waals surface area contributed by atoms with Crippen LogP contribution in [0, 0.1) is 0 Å². The van der Waals surface area contributed by atoms with Gasteiger partial charge in [0.25, 0.3) is 0 Å². The predicted molar refractivity (Wildman–Crippen MR) is 129 cm³/mol. The summed E-state index contributed by atoms with van der Waals surface area (Å²) < 4.78 is 10.6. The molecule has 1 amide bonds. The number of ether oxygens (including phenoxy) is 2. The molecule has 3 atom stereocenters. The van der Waals surface area contributed by atoms with Gasteiger partial charge in [0.15, 0.2) is 5.17 Å². The highest BCUT2D eigenvalue weighted by Crippen LogP contribution is 2.35. The van der Waals surface area contributed by atoms with Crippen LogP contribution < -0.4 is 25.6 Å². The molecule has 3 aliphatic rings. The quantitative estimate of drug-likeness (QED) is 0.599. The van der Waals surface area contributed by atoms with E-state index in [1.165, 1.54) is 17.3 Å². The lowest BCUT2D eigenvalue weighted by molar-refractivity contribution is -0.113. The van der Waals surface area contributed by atoms with Gasteiger partial charge in [0.05, 0.1) is 37.7 Å². The number of fused-ring (bicyclic) bond motifs is 3. The minimum absolute atomic E-state index is 0.0141. The maximum absolute atomic E-state index is 12.6. The number of hydrazine groups is 1. The van der Waals surface area contributed by atoms with E-state index in [2.05, 4.69) is 55.4 Å². The number of benzene rings is 2. The van der Waals surface area contributed by atoms with Gasteiger partial charge in [-0.3, -0.25) is 10.2 Å². The Morgan fingerprint density at radius 2 is 2.03 bits per heavy atom. The second-order valence-corrected chi connectivity index (χ2v) is 8.82. The molecular weight excluding hydrogens is 440 g/mol. The lowest BCUT2D eigenvalue weighted by Gasteiger charge is -2.36. The van der Waals surface area contributed by atoms with Gasteiger partial charge in [-0.25, -0.2) is 5.43 Å². The number of amides is 1. The van der Waals surface area contributed by atoms with E-state index >= 15 is 0 Å². The molecule has 0 saturated carbocycles. The number of carbonyl (C=O) groups is 1. The van der Waals surface area contributed by atoms with Gasteiger partial charge in [0, 0.05) is 18.5 Å². The van der Waals surface area contributed by atoms with E-state index in [0.29, 0.717) is 17.2 Å². The molecule has 0 aliphatic carbocycles. The van der Waals surface area contributed by atoms with Crippen LogP contribution in [0.1, 0.15) is 18.0 Å². The second kappa shape index (κ2) is 9.24. The van der Waals surface area contributed by atoms with Gasteiger partial charge in [-0.1, -0.05) is 42.1 Å². The Morgan fingerprint density at radius 1 is 1.18 bits per heavy atom. The van der Waals surface area contributed by atoms with Gasteiger partial charge >= 0.3 is 0 Å². The van der Waals surface area contributed by atoms with Gasteiger partial charge in [-0.2, -0.15) is 5.10 Å². The molecule has 5 rings (SSSR count). The van der Waals surface area contributed by atoms with Crippen molar-refractivity contribution in [3.63, 3.8) is 0 Å². The SMILES string of the molecule is COc1ccc(OC)c(NC(=O)CSC2=NNC3C4CC(c5ccccc5)NN4C=CN23)c1. The molecule has 2 aromatic rings. The van der Waals surface area contributed by atoms with Gasteiger partial charge in [-0.05, 0) is 24.1 Å². The number of nitrogens with one attached hydrogen (secondary N) is 3. The highest BCUT2D eigenvalue weighted by molar-refractivity contribution is 8.14. The van der Waals surface area contributed by atoms with Crippen LogP contribution in [0.3, 0.4) is 0 Å². The third kappa shape index (κ3) is 4.31. The summed E-state index contributed by atoms with van der Waals surface area (Å²) >= 11 is 1.39. The molecular formula is C23H26N6O3S. The fourth-order valence-electron chi connectivity index (χ4n) is 4.28. The van der Waals surface area contributed by atoms with Crippen molar-refractivity contribution in [3.05, 3.63) is 66.5 Å². The third-order valence-corrected chi connectivity index (χ3v) is 6.89. The molecule has 1 fully saturated rings. The summed E-state index contributed by atoms with van der Waals surface area (Å²) in [4.78, 5) is 14.7. The normalized spacial score (nSPS) is 22.8. The standard InChI is InChI=1S/C23H26N6O3S/c1-31-16-8-9-20(32-2)18(12-16)24-21(30)14-33-23-26-25-22-19-13-17(15-6-4-3-5-7-15)27-29(19)11-10-28(22)23/h3-12,17,19,22,25,27H,13-14H2,1-2H3,(H,24,30). The molecule has 33 heavy (non-hydrogen) atoms. The Balaban J connectivity index is 1.19. The van der Waals surface area contributed by atoms with E-state index in [-0.39, 0.29) is 29.9 Å². The van der Waals surface area contributed by atoms with Gasteiger partial charge in [-0.15, -0.1) is 0 Å². The zero-order chi connectivity index (χ0) is 22.8. The van der Waals surface area contributed by atoms with Gasteiger partial charge in [0.1, 0.15) is 17.7 Å². The molecule has 3 aliphatic heterocycles. The first-order valence-electron chi connectivity index (χ1n) is 10.7. The number of methoxy groups -OCH3 is 2. The number of hydrazone groups is 1. The van der Waals surface area contributed by atoms with E-state index < -0.39 is 0 Å². The van der Waals surface area contributed by atoms with E-state index in [0.717, 1.165) is 11.6 Å². The van der Waals surface area contributed by atoms with Crippen molar-refractivity contribution in [2.24, 2.45) is 5.10 Å². The maximum atomic E-state index is 12.6. The smallest absolute Gasteiger partial charge is 0.234 e. The molecule has 0 spiro atoms. The third-order valence-electron chi connectivity index (χ3n) is 5.92. The highest BCUT2D eigenvalue weighted by Gasteiger charge is 2.44.